The van der Waals surface area contributed by atoms with E-state index in [0.29, 0.717) is 0 Å². The van der Waals surface area contributed by atoms with Crippen molar-refractivity contribution < 1.29 is 0 Å². The van der Waals surface area contributed by atoms with Crippen LogP contribution in [-0.4, -0.2) is 36.1 Å². The maximum absolute atomic E-state index is 4.77. The van der Waals surface area contributed by atoms with Crippen molar-refractivity contribution in [2.75, 3.05) is 26.2 Å². The molecule has 0 atom stereocenters. The van der Waals surface area contributed by atoms with E-state index < -0.39 is 0 Å². The summed E-state index contributed by atoms with van der Waals surface area (Å²) in [4.78, 5) is 8.56. The average molecular weight is 279 g/mol. The largest absolute Gasteiger partial charge is 0.314 e. The van der Waals surface area contributed by atoms with Gasteiger partial charge < -0.3 is 5.32 Å². The lowest BCUT2D eigenvalue weighted by molar-refractivity contribution is 0.233. The van der Waals surface area contributed by atoms with Gasteiger partial charge in [-0.1, -0.05) is 0 Å². The third kappa shape index (κ3) is 2.64. The number of thiophene rings is 1. The third-order valence-corrected chi connectivity index (χ3v) is 5.09. The van der Waals surface area contributed by atoms with E-state index >= 15 is 0 Å². The van der Waals surface area contributed by atoms with Crippen molar-refractivity contribution in [1.82, 2.24) is 15.2 Å². The zero-order valence-electron chi connectivity index (χ0n) is 10.5. The number of aryl methyl sites for hydroxylation is 1. The minimum atomic E-state index is 0.997. The molecule has 2 aromatic rings. The number of piperazine rings is 1. The monoisotopic (exact) mass is 279 g/mol. The van der Waals surface area contributed by atoms with Crippen molar-refractivity contribution in [2.24, 2.45) is 0 Å². The number of aromatic nitrogens is 1. The van der Waals surface area contributed by atoms with E-state index in [1.54, 1.807) is 22.7 Å². The average Bonchev–Trinajstić information content (AvgIpc) is 2.99. The summed E-state index contributed by atoms with van der Waals surface area (Å²) in [5.41, 5.74) is 2.48. The van der Waals surface area contributed by atoms with Crippen LogP contribution in [0.1, 0.15) is 10.6 Å². The van der Waals surface area contributed by atoms with E-state index in [-0.39, 0.29) is 0 Å². The van der Waals surface area contributed by atoms with Crippen LogP contribution in [0.5, 0.6) is 0 Å². The fourth-order valence-corrected chi connectivity index (χ4v) is 3.97. The Morgan fingerprint density at radius 3 is 2.89 bits per heavy atom. The van der Waals surface area contributed by atoms with Crippen LogP contribution in [-0.2, 0) is 6.54 Å². The normalized spacial score (nSPS) is 17.2. The van der Waals surface area contributed by atoms with Gasteiger partial charge in [0.25, 0.3) is 0 Å². The number of nitrogens with one attached hydrogen (secondary N) is 1. The molecule has 1 fully saturated rings. The summed E-state index contributed by atoms with van der Waals surface area (Å²) < 4.78 is 0. The molecule has 3 nitrogen and oxygen atoms in total. The molecular weight excluding hydrogens is 262 g/mol. The minimum Gasteiger partial charge on any atom is -0.314 e. The van der Waals surface area contributed by atoms with Crippen LogP contribution < -0.4 is 5.32 Å². The molecule has 1 aliphatic heterocycles. The second kappa shape index (κ2) is 5.48. The van der Waals surface area contributed by atoms with Crippen molar-refractivity contribution in [3.05, 3.63) is 27.4 Å². The van der Waals surface area contributed by atoms with E-state index in [9.17, 15) is 0 Å². The standard InChI is InChI=1S/C13H17N3S2/c1-10-2-7-17-13(10)11-9-18-12(15-11)8-16-5-3-14-4-6-16/h2,7,9,14H,3-6,8H2,1H3. The highest BCUT2D eigenvalue weighted by Crippen LogP contribution is 2.30. The Morgan fingerprint density at radius 2 is 2.17 bits per heavy atom. The van der Waals surface area contributed by atoms with Crippen LogP contribution >= 0.6 is 22.7 Å². The maximum Gasteiger partial charge on any atom is 0.107 e. The molecule has 0 spiro atoms. The molecule has 96 valence electrons. The molecule has 3 heterocycles. The summed E-state index contributed by atoms with van der Waals surface area (Å²) in [6.07, 6.45) is 0. The molecule has 0 aliphatic carbocycles. The van der Waals surface area contributed by atoms with E-state index in [2.05, 4.69) is 34.0 Å². The predicted molar refractivity (Wildman–Crippen MR) is 78.3 cm³/mol. The quantitative estimate of drug-likeness (QED) is 0.936. The van der Waals surface area contributed by atoms with Crippen LogP contribution in [0.2, 0.25) is 0 Å². The van der Waals surface area contributed by atoms with Crippen LogP contribution in [0.4, 0.5) is 0 Å². The number of thiazole rings is 1. The van der Waals surface area contributed by atoms with Crippen molar-refractivity contribution in [3.8, 4) is 10.6 Å². The van der Waals surface area contributed by atoms with Gasteiger partial charge in [-0.05, 0) is 23.9 Å². The minimum absolute atomic E-state index is 0.997. The molecule has 0 saturated carbocycles. The first-order chi connectivity index (χ1) is 8.83. The van der Waals surface area contributed by atoms with Crippen LogP contribution in [0.3, 0.4) is 0 Å². The predicted octanol–water partition coefficient (Wildman–Crippen LogP) is 2.59. The first-order valence-corrected chi connectivity index (χ1v) is 8.01. The fourth-order valence-electron chi connectivity index (χ4n) is 2.18. The Kier molecular flexibility index (Phi) is 3.75. The van der Waals surface area contributed by atoms with Gasteiger partial charge in [0.2, 0.25) is 0 Å². The number of nitrogens with zero attached hydrogens (tertiary/aromatic N) is 2. The second-order valence-electron chi connectivity index (χ2n) is 4.59. The lowest BCUT2D eigenvalue weighted by Gasteiger charge is -2.26. The molecule has 0 bridgehead atoms. The highest BCUT2D eigenvalue weighted by Gasteiger charge is 2.13. The van der Waals surface area contributed by atoms with Crippen molar-refractivity contribution in [3.63, 3.8) is 0 Å². The van der Waals surface area contributed by atoms with Gasteiger partial charge in [-0.15, -0.1) is 22.7 Å². The molecule has 0 aromatic carbocycles. The Balaban J connectivity index is 1.71. The summed E-state index contributed by atoms with van der Waals surface area (Å²) in [7, 11) is 0. The van der Waals surface area contributed by atoms with E-state index in [1.165, 1.54) is 15.4 Å². The lowest BCUT2D eigenvalue weighted by atomic mass is 10.2. The van der Waals surface area contributed by atoms with E-state index in [0.717, 1.165) is 38.4 Å². The van der Waals surface area contributed by atoms with Gasteiger partial charge in [-0.3, -0.25) is 4.90 Å². The number of hydrogen-bond donors (Lipinski definition) is 1. The summed E-state index contributed by atoms with van der Waals surface area (Å²) in [5, 5.41) is 8.94. The molecule has 5 heteroatoms. The van der Waals surface area contributed by atoms with Crippen molar-refractivity contribution in [1.29, 1.82) is 0 Å². The zero-order chi connectivity index (χ0) is 12.4. The van der Waals surface area contributed by atoms with Crippen molar-refractivity contribution in [2.45, 2.75) is 13.5 Å². The number of rotatable bonds is 3. The molecule has 0 amide bonds. The Labute approximate surface area is 115 Å². The summed E-state index contributed by atoms with van der Waals surface area (Å²) in [5.74, 6) is 0. The summed E-state index contributed by atoms with van der Waals surface area (Å²) in [6.45, 7) is 7.61. The molecule has 1 N–H and O–H groups in total. The number of hydrogen-bond acceptors (Lipinski definition) is 5. The highest BCUT2D eigenvalue weighted by atomic mass is 32.1. The molecule has 1 aliphatic rings. The molecule has 18 heavy (non-hydrogen) atoms. The van der Waals surface area contributed by atoms with Gasteiger partial charge in [0.1, 0.15) is 5.01 Å². The second-order valence-corrected chi connectivity index (χ2v) is 6.44. The molecule has 0 radical (unpaired) electrons. The van der Waals surface area contributed by atoms with Crippen LogP contribution in [0, 0.1) is 6.92 Å². The molecule has 0 unspecified atom stereocenters. The van der Waals surface area contributed by atoms with Gasteiger partial charge in [-0.25, -0.2) is 4.98 Å². The smallest absolute Gasteiger partial charge is 0.107 e. The van der Waals surface area contributed by atoms with Gasteiger partial charge in [-0.2, -0.15) is 0 Å². The SMILES string of the molecule is Cc1ccsc1-c1csc(CN2CCNCC2)n1. The first-order valence-electron chi connectivity index (χ1n) is 6.25. The lowest BCUT2D eigenvalue weighted by Crippen LogP contribution is -2.42. The van der Waals surface area contributed by atoms with Gasteiger partial charge in [0.15, 0.2) is 0 Å². The molecular formula is C13H17N3S2. The van der Waals surface area contributed by atoms with Crippen molar-refractivity contribution >= 4 is 22.7 Å². The molecule has 2 aromatic heterocycles. The Morgan fingerprint density at radius 1 is 1.33 bits per heavy atom. The van der Waals surface area contributed by atoms with Gasteiger partial charge >= 0.3 is 0 Å². The first kappa shape index (κ1) is 12.3. The van der Waals surface area contributed by atoms with E-state index in [4.69, 9.17) is 4.98 Å². The molecule has 1 saturated heterocycles. The van der Waals surface area contributed by atoms with E-state index in [1.807, 2.05) is 0 Å². The highest BCUT2D eigenvalue weighted by molar-refractivity contribution is 7.14. The third-order valence-electron chi connectivity index (χ3n) is 3.21. The zero-order valence-corrected chi connectivity index (χ0v) is 12.1. The summed E-state index contributed by atoms with van der Waals surface area (Å²) in [6, 6.07) is 2.16. The van der Waals surface area contributed by atoms with Gasteiger partial charge in [0.05, 0.1) is 17.1 Å². The molecule has 3 rings (SSSR count). The Hall–Kier alpha value is -0.750. The van der Waals surface area contributed by atoms with Crippen LogP contribution in [0.15, 0.2) is 16.8 Å². The fraction of sp³-hybridized carbons (Fsp3) is 0.462. The topological polar surface area (TPSA) is 28.2 Å². The maximum atomic E-state index is 4.77. The van der Waals surface area contributed by atoms with Gasteiger partial charge in [0, 0.05) is 31.6 Å². The summed E-state index contributed by atoms with van der Waals surface area (Å²) >= 11 is 3.57. The Bertz CT molecular complexity index is 512. The van der Waals surface area contributed by atoms with Crippen LogP contribution in [0.25, 0.3) is 10.6 Å².